The van der Waals surface area contributed by atoms with Gasteiger partial charge in [0.05, 0.1) is 0 Å². The van der Waals surface area contributed by atoms with Crippen molar-refractivity contribution in [1.82, 2.24) is 15.8 Å². The van der Waals surface area contributed by atoms with Crippen molar-refractivity contribution in [1.29, 1.82) is 5.41 Å². The fourth-order valence-corrected chi connectivity index (χ4v) is 1.03. The molecular formula is C6H8N4. The van der Waals surface area contributed by atoms with E-state index in [-0.39, 0.29) is 0 Å². The minimum atomic E-state index is 0.475. The van der Waals surface area contributed by atoms with Crippen LogP contribution >= 0.6 is 0 Å². The molecule has 0 amide bonds. The molecule has 52 valence electrons. The Labute approximate surface area is 58.7 Å². The largest absolute Gasteiger partial charge is 0.347 e. The van der Waals surface area contributed by atoms with Crippen molar-refractivity contribution in [3.8, 4) is 0 Å². The summed E-state index contributed by atoms with van der Waals surface area (Å²) in [6.07, 6.45) is 5.46. The molecule has 0 radical (unpaired) electrons. The zero-order valence-corrected chi connectivity index (χ0v) is 5.39. The first-order valence-electron chi connectivity index (χ1n) is 3.13. The first-order valence-corrected chi connectivity index (χ1v) is 3.13. The molecule has 0 spiro atoms. The fraction of sp³-hybridized carbons (Fsp3) is 0.167. The molecule has 0 atom stereocenters. The van der Waals surface area contributed by atoms with Crippen LogP contribution in [0.1, 0.15) is 0 Å². The summed E-state index contributed by atoms with van der Waals surface area (Å²) in [6, 6.07) is 0. The SMILES string of the molecule is N=C1C=CNC2=CCNN12. The lowest BCUT2D eigenvalue weighted by molar-refractivity contribution is 0.408. The van der Waals surface area contributed by atoms with E-state index in [1.165, 1.54) is 0 Å². The maximum Gasteiger partial charge on any atom is 0.142 e. The molecule has 0 saturated heterocycles. The number of rotatable bonds is 0. The Hall–Kier alpha value is -1.29. The molecule has 10 heavy (non-hydrogen) atoms. The minimum Gasteiger partial charge on any atom is -0.347 e. The van der Waals surface area contributed by atoms with E-state index in [9.17, 15) is 0 Å². The molecule has 3 N–H and O–H groups in total. The van der Waals surface area contributed by atoms with Gasteiger partial charge in [-0.05, 0) is 12.2 Å². The Bertz CT molecular complexity index is 228. The molecule has 0 fully saturated rings. The summed E-state index contributed by atoms with van der Waals surface area (Å²) >= 11 is 0. The van der Waals surface area contributed by atoms with Crippen molar-refractivity contribution in [3.63, 3.8) is 0 Å². The van der Waals surface area contributed by atoms with E-state index in [1.54, 1.807) is 17.3 Å². The van der Waals surface area contributed by atoms with Gasteiger partial charge in [0.1, 0.15) is 11.7 Å². The van der Waals surface area contributed by atoms with Crippen LogP contribution in [0.5, 0.6) is 0 Å². The molecule has 2 rings (SSSR count). The summed E-state index contributed by atoms with van der Waals surface area (Å²) in [7, 11) is 0. The topological polar surface area (TPSA) is 51.2 Å². The Morgan fingerprint density at radius 3 is 3.30 bits per heavy atom. The van der Waals surface area contributed by atoms with E-state index in [2.05, 4.69) is 10.7 Å². The first kappa shape index (κ1) is 5.49. The zero-order valence-electron chi connectivity index (χ0n) is 5.39. The maximum absolute atomic E-state index is 7.41. The van der Waals surface area contributed by atoms with Gasteiger partial charge >= 0.3 is 0 Å². The highest BCUT2D eigenvalue weighted by Gasteiger charge is 2.18. The highest BCUT2D eigenvalue weighted by atomic mass is 15.6. The predicted molar refractivity (Wildman–Crippen MR) is 37.9 cm³/mol. The van der Waals surface area contributed by atoms with Crippen LogP contribution in [0.15, 0.2) is 24.2 Å². The number of hydrogen-bond acceptors (Lipinski definition) is 3. The number of nitrogens with one attached hydrogen (secondary N) is 3. The number of hydrogen-bond donors (Lipinski definition) is 3. The monoisotopic (exact) mass is 136 g/mol. The van der Waals surface area contributed by atoms with Gasteiger partial charge in [-0.2, -0.15) is 0 Å². The molecule has 4 heteroatoms. The molecule has 0 aromatic rings. The zero-order chi connectivity index (χ0) is 6.97. The van der Waals surface area contributed by atoms with E-state index in [0.29, 0.717) is 5.84 Å². The summed E-state index contributed by atoms with van der Waals surface area (Å²) in [6.45, 7) is 0.798. The van der Waals surface area contributed by atoms with Crippen LogP contribution in [0.2, 0.25) is 0 Å². The predicted octanol–water partition coefficient (Wildman–Crippen LogP) is -0.258. The van der Waals surface area contributed by atoms with Gasteiger partial charge in [-0.15, -0.1) is 0 Å². The highest BCUT2D eigenvalue weighted by molar-refractivity contribution is 5.92. The van der Waals surface area contributed by atoms with Gasteiger partial charge in [0.25, 0.3) is 0 Å². The number of amidine groups is 1. The molecule has 2 heterocycles. The Kier molecular flexibility index (Phi) is 1.01. The molecule has 2 aliphatic heterocycles. The van der Waals surface area contributed by atoms with Crippen LogP contribution < -0.4 is 10.7 Å². The molecule has 0 saturated carbocycles. The molecule has 0 aromatic heterocycles. The van der Waals surface area contributed by atoms with Gasteiger partial charge in [-0.25, -0.2) is 10.4 Å². The highest BCUT2D eigenvalue weighted by Crippen LogP contribution is 2.07. The van der Waals surface area contributed by atoms with E-state index in [4.69, 9.17) is 5.41 Å². The average molecular weight is 136 g/mol. The van der Waals surface area contributed by atoms with Gasteiger partial charge in [0, 0.05) is 12.7 Å². The van der Waals surface area contributed by atoms with Crippen molar-refractivity contribution < 1.29 is 0 Å². The summed E-state index contributed by atoms with van der Waals surface area (Å²) < 4.78 is 0. The smallest absolute Gasteiger partial charge is 0.142 e. The maximum atomic E-state index is 7.41. The third-order valence-electron chi connectivity index (χ3n) is 1.50. The van der Waals surface area contributed by atoms with Gasteiger partial charge in [0.2, 0.25) is 0 Å². The molecule has 0 aliphatic carbocycles. The van der Waals surface area contributed by atoms with Crippen molar-refractivity contribution >= 4 is 5.84 Å². The van der Waals surface area contributed by atoms with Crippen molar-refractivity contribution in [2.75, 3.05) is 6.54 Å². The lowest BCUT2D eigenvalue weighted by Crippen LogP contribution is -2.41. The normalized spacial score (nSPS) is 22.2. The lowest BCUT2D eigenvalue weighted by Gasteiger charge is -2.23. The Morgan fingerprint density at radius 1 is 1.60 bits per heavy atom. The summed E-state index contributed by atoms with van der Waals surface area (Å²) in [5, 5.41) is 12.1. The van der Waals surface area contributed by atoms with Gasteiger partial charge < -0.3 is 5.32 Å². The second-order valence-corrected chi connectivity index (χ2v) is 2.15. The molecule has 2 aliphatic rings. The second-order valence-electron chi connectivity index (χ2n) is 2.15. The van der Waals surface area contributed by atoms with Gasteiger partial charge in [-0.3, -0.25) is 5.41 Å². The van der Waals surface area contributed by atoms with Crippen LogP contribution in [-0.2, 0) is 0 Å². The van der Waals surface area contributed by atoms with Gasteiger partial charge in [0.15, 0.2) is 0 Å². The molecule has 0 unspecified atom stereocenters. The first-order chi connectivity index (χ1) is 4.88. The number of fused-ring (bicyclic) bond motifs is 1. The standard InChI is InChI=1S/C6H8N4/c7-5-1-3-8-6-2-4-9-10(5)6/h1-3,7-9H,4H2. The summed E-state index contributed by atoms with van der Waals surface area (Å²) in [5.74, 6) is 1.43. The number of nitrogens with zero attached hydrogens (tertiary/aromatic N) is 1. The lowest BCUT2D eigenvalue weighted by atomic mass is 10.4. The minimum absolute atomic E-state index is 0.475. The average Bonchev–Trinajstić information content (AvgIpc) is 2.36. The fourth-order valence-electron chi connectivity index (χ4n) is 1.03. The van der Waals surface area contributed by atoms with Crippen molar-refractivity contribution in [2.45, 2.75) is 0 Å². The molecule has 0 aromatic carbocycles. The number of hydrazine groups is 1. The van der Waals surface area contributed by atoms with E-state index >= 15 is 0 Å². The summed E-state index contributed by atoms with van der Waals surface area (Å²) in [4.78, 5) is 0. The Morgan fingerprint density at radius 2 is 2.50 bits per heavy atom. The van der Waals surface area contributed by atoms with Gasteiger partial charge in [-0.1, -0.05) is 0 Å². The third-order valence-corrected chi connectivity index (χ3v) is 1.50. The molecular weight excluding hydrogens is 128 g/mol. The van der Waals surface area contributed by atoms with Crippen LogP contribution in [0, 0.1) is 5.41 Å². The van der Waals surface area contributed by atoms with E-state index in [0.717, 1.165) is 12.4 Å². The summed E-state index contributed by atoms with van der Waals surface area (Å²) in [5.41, 5.74) is 3.01. The van der Waals surface area contributed by atoms with Crippen molar-refractivity contribution in [2.24, 2.45) is 0 Å². The van der Waals surface area contributed by atoms with Crippen LogP contribution in [0.3, 0.4) is 0 Å². The second kappa shape index (κ2) is 1.85. The van der Waals surface area contributed by atoms with Crippen molar-refractivity contribution in [3.05, 3.63) is 24.2 Å². The third kappa shape index (κ3) is 0.625. The van der Waals surface area contributed by atoms with Crippen LogP contribution in [-0.4, -0.2) is 17.4 Å². The van der Waals surface area contributed by atoms with Crippen LogP contribution in [0.25, 0.3) is 0 Å². The van der Waals surface area contributed by atoms with E-state index in [1.807, 2.05) is 6.08 Å². The Balaban J connectivity index is 2.32. The van der Waals surface area contributed by atoms with Crippen LogP contribution in [0.4, 0.5) is 0 Å². The van der Waals surface area contributed by atoms with E-state index < -0.39 is 0 Å². The molecule has 4 nitrogen and oxygen atoms in total. The molecule has 0 bridgehead atoms. The quantitative estimate of drug-likeness (QED) is 0.430.